The van der Waals surface area contributed by atoms with Gasteiger partial charge in [0.15, 0.2) is 5.78 Å². The number of hydrogen-bond donors (Lipinski definition) is 1. The minimum absolute atomic E-state index is 0.00411. The van der Waals surface area contributed by atoms with Gasteiger partial charge in [-0.1, -0.05) is 66.7 Å². The first-order chi connectivity index (χ1) is 11.7. The van der Waals surface area contributed by atoms with Gasteiger partial charge in [-0.05, 0) is 23.8 Å². The number of rotatable bonds is 5. The molecule has 118 valence electrons. The molecule has 3 aromatic carbocycles. The van der Waals surface area contributed by atoms with Crippen LogP contribution in [0.15, 0.2) is 84.9 Å². The van der Waals surface area contributed by atoms with Gasteiger partial charge in [0, 0.05) is 23.2 Å². The number of hydrogen-bond acceptors (Lipinski definition) is 2. The van der Waals surface area contributed by atoms with Crippen molar-refractivity contribution in [2.75, 3.05) is 5.32 Å². The van der Waals surface area contributed by atoms with E-state index in [0.29, 0.717) is 11.1 Å². The van der Waals surface area contributed by atoms with Gasteiger partial charge in [-0.3, -0.25) is 9.59 Å². The van der Waals surface area contributed by atoms with E-state index < -0.39 is 0 Å². The molecule has 0 saturated carbocycles. The summed E-state index contributed by atoms with van der Waals surface area (Å²) in [5.74, 6) is -0.215. The molecule has 0 radical (unpaired) electrons. The van der Waals surface area contributed by atoms with Gasteiger partial charge in [-0.25, -0.2) is 0 Å². The molecule has 0 bridgehead atoms. The van der Waals surface area contributed by atoms with Crippen molar-refractivity contribution in [2.24, 2.45) is 0 Å². The van der Waals surface area contributed by atoms with Crippen LogP contribution in [0.3, 0.4) is 0 Å². The highest BCUT2D eigenvalue weighted by Gasteiger charge is 2.14. The Balaban J connectivity index is 1.80. The Morgan fingerprint density at radius 3 is 2.00 bits per heavy atom. The fourth-order valence-corrected chi connectivity index (χ4v) is 2.51. The van der Waals surface area contributed by atoms with Crippen LogP contribution in [-0.2, 0) is 6.42 Å². The van der Waals surface area contributed by atoms with E-state index in [2.05, 4.69) is 5.32 Å². The zero-order valence-corrected chi connectivity index (χ0v) is 13.1. The number of carbonyl (C=O) groups is 2. The second kappa shape index (κ2) is 7.38. The Kier molecular flexibility index (Phi) is 4.82. The molecular weight excluding hydrogens is 298 g/mol. The maximum absolute atomic E-state index is 12.5. The van der Waals surface area contributed by atoms with Crippen LogP contribution in [0.4, 0.5) is 5.69 Å². The van der Waals surface area contributed by atoms with Crippen molar-refractivity contribution in [3.8, 4) is 0 Å². The molecule has 0 aliphatic heterocycles. The molecule has 3 aromatic rings. The van der Waals surface area contributed by atoms with Crippen LogP contribution in [0.2, 0.25) is 0 Å². The van der Waals surface area contributed by atoms with Crippen LogP contribution in [-0.4, -0.2) is 11.7 Å². The molecule has 0 aliphatic carbocycles. The predicted molar refractivity (Wildman–Crippen MR) is 95.3 cm³/mol. The van der Waals surface area contributed by atoms with E-state index in [4.69, 9.17) is 0 Å². The van der Waals surface area contributed by atoms with Crippen molar-refractivity contribution in [3.63, 3.8) is 0 Å². The van der Waals surface area contributed by atoms with E-state index in [1.165, 1.54) is 0 Å². The first kappa shape index (κ1) is 15.7. The van der Waals surface area contributed by atoms with Crippen LogP contribution < -0.4 is 5.32 Å². The molecule has 0 heterocycles. The fourth-order valence-electron chi connectivity index (χ4n) is 2.51. The third kappa shape index (κ3) is 3.76. The maximum Gasteiger partial charge on any atom is 0.255 e. The minimum Gasteiger partial charge on any atom is -0.322 e. The number of amides is 1. The normalized spacial score (nSPS) is 10.2. The summed E-state index contributed by atoms with van der Waals surface area (Å²) in [6.07, 6.45) is 0.197. The molecule has 24 heavy (non-hydrogen) atoms. The van der Waals surface area contributed by atoms with Crippen LogP contribution >= 0.6 is 0 Å². The predicted octanol–water partition coefficient (Wildman–Crippen LogP) is 4.36. The average Bonchev–Trinajstić information content (AvgIpc) is 2.63. The number of para-hydroxylation sites is 1. The Hall–Kier alpha value is -3.20. The molecule has 0 saturated heterocycles. The summed E-state index contributed by atoms with van der Waals surface area (Å²) in [7, 11) is 0. The Bertz CT molecular complexity index is 842. The lowest BCUT2D eigenvalue weighted by Crippen LogP contribution is -2.16. The number of ketones is 1. The van der Waals surface area contributed by atoms with E-state index in [1.807, 2.05) is 60.7 Å². The molecule has 0 aromatic heterocycles. The lowest BCUT2D eigenvalue weighted by Gasteiger charge is -2.10. The van der Waals surface area contributed by atoms with Gasteiger partial charge < -0.3 is 5.32 Å². The first-order valence-electron chi connectivity index (χ1n) is 7.76. The number of nitrogens with one attached hydrogen (secondary N) is 1. The van der Waals surface area contributed by atoms with Crippen LogP contribution in [0.1, 0.15) is 26.3 Å². The standard InChI is InChI=1S/C21H17NO2/c23-20(16-9-3-1-4-10-16)15-17-11-7-8-14-19(17)21(24)22-18-12-5-2-6-13-18/h1-14H,15H2,(H,22,24). The summed E-state index contributed by atoms with van der Waals surface area (Å²) < 4.78 is 0. The summed E-state index contributed by atoms with van der Waals surface area (Å²) in [4.78, 5) is 24.9. The molecule has 0 atom stereocenters. The van der Waals surface area contributed by atoms with E-state index in [-0.39, 0.29) is 18.1 Å². The monoisotopic (exact) mass is 315 g/mol. The van der Waals surface area contributed by atoms with Gasteiger partial charge in [0.1, 0.15) is 0 Å². The number of benzene rings is 3. The van der Waals surface area contributed by atoms with Crippen molar-refractivity contribution in [1.29, 1.82) is 0 Å². The van der Waals surface area contributed by atoms with Crippen LogP contribution in [0.5, 0.6) is 0 Å². The topological polar surface area (TPSA) is 46.2 Å². The van der Waals surface area contributed by atoms with Gasteiger partial charge in [0.2, 0.25) is 0 Å². The summed E-state index contributed by atoms with van der Waals surface area (Å²) in [6, 6.07) is 25.6. The smallest absolute Gasteiger partial charge is 0.255 e. The van der Waals surface area contributed by atoms with Crippen molar-refractivity contribution in [2.45, 2.75) is 6.42 Å². The highest BCUT2D eigenvalue weighted by molar-refractivity contribution is 6.07. The zero-order chi connectivity index (χ0) is 16.8. The van der Waals surface area contributed by atoms with Gasteiger partial charge >= 0.3 is 0 Å². The molecule has 0 fully saturated rings. The number of anilines is 1. The van der Waals surface area contributed by atoms with Crippen molar-refractivity contribution >= 4 is 17.4 Å². The average molecular weight is 315 g/mol. The third-order valence-corrected chi connectivity index (χ3v) is 3.74. The summed E-state index contributed by atoms with van der Waals surface area (Å²) in [5, 5.41) is 2.86. The quantitative estimate of drug-likeness (QED) is 0.711. The zero-order valence-electron chi connectivity index (χ0n) is 13.1. The number of Topliss-reactive ketones (excluding diaryl/α,β-unsaturated/α-hetero) is 1. The van der Waals surface area contributed by atoms with Gasteiger partial charge in [-0.15, -0.1) is 0 Å². The second-order valence-electron chi connectivity index (χ2n) is 5.44. The third-order valence-electron chi connectivity index (χ3n) is 3.74. The molecule has 0 aliphatic rings. The van der Waals surface area contributed by atoms with E-state index in [1.54, 1.807) is 24.3 Å². The Labute approximate surface area is 141 Å². The molecule has 1 amide bonds. The van der Waals surface area contributed by atoms with E-state index >= 15 is 0 Å². The lowest BCUT2D eigenvalue weighted by atomic mass is 9.98. The van der Waals surface area contributed by atoms with Gasteiger partial charge in [0.25, 0.3) is 5.91 Å². The molecular formula is C21H17NO2. The number of carbonyl (C=O) groups excluding carboxylic acids is 2. The minimum atomic E-state index is -0.210. The van der Waals surface area contributed by atoms with Crippen LogP contribution in [0, 0.1) is 0 Å². The van der Waals surface area contributed by atoms with E-state index in [0.717, 1.165) is 11.3 Å². The van der Waals surface area contributed by atoms with Gasteiger partial charge in [-0.2, -0.15) is 0 Å². The van der Waals surface area contributed by atoms with Crippen molar-refractivity contribution < 1.29 is 9.59 Å². The molecule has 0 spiro atoms. The molecule has 3 nitrogen and oxygen atoms in total. The second-order valence-corrected chi connectivity index (χ2v) is 5.44. The molecule has 1 N–H and O–H groups in total. The van der Waals surface area contributed by atoms with Crippen molar-refractivity contribution in [3.05, 3.63) is 102 Å². The largest absolute Gasteiger partial charge is 0.322 e. The maximum atomic E-state index is 12.5. The molecule has 3 rings (SSSR count). The van der Waals surface area contributed by atoms with Crippen molar-refractivity contribution in [1.82, 2.24) is 0 Å². The van der Waals surface area contributed by atoms with E-state index in [9.17, 15) is 9.59 Å². The lowest BCUT2D eigenvalue weighted by molar-refractivity contribution is 0.0992. The fraction of sp³-hybridized carbons (Fsp3) is 0.0476. The van der Waals surface area contributed by atoms with Crippen LogP contribution in [0.25, 0.3) is 0 Å². The summed E-state index contributed by atoms with van der Waals surface area (Å²) >= 11 is 0. The summed E-state index contributed by atoms with van der Waals surface area (Å²) in [6.45, 7) is 0. The Morgan fingerprint density at radius 2 is 1.29 bits per heavy atom. The first-order valence-corrected chi connectivity index (χ1v) is 7.76. The van der Waals surface area contributed by atoms with Gasteiger partial charge in [0.05, 0.1) is 0 Å². The molecule has 0 unspecified atom stereocenters. The Morgan fingerprint density at radius 1 is 0.708 bits per heavy atom. The summed E-state index contributed by atoms with van der Waals surface area (Å²) in [5.41, 5.74) is 2.62. The highest BCUT2D eigenvalue weighted by atomic mass is 16.1. The highest BCUT2D eigenvalue weighted by Crippen LogP contribution is 2.15. The SMILES string of the molecule is O=C(Cc1ccccc1C(=O)Nc1ccccc1)c1ccccc1. The molecule has 3 heteroatoms.